The van der Waals surface area contributed by atoms with Gasteiger partial charge in [-0.2, -0.15) is 4.98 Å². The Bertz CT molecular complexity index is 1070. The lowest BCUT2D eigenvalue weighted by Crippen LogP contribution is -2.05. The fraction of sp³-hybridized carbons (Fsp3) is 0.0833. The average molecular weight is 382 g/mol. The summed E-state index contributed by atoms with van der Waals surface area (Å²) in [4.78, 5) is 8.84. The van der Waals surface area contributed by atoms with Gasteiger partial charge in [0.15, 0.2) is 0 Å². The fourth-order valence-corrected chi connectivity index (χ4v) is 2.88. The van der Waals surface area contributed by atoms with Gasteiger partial charge < -0.3 is 15.4 Å². The van der Waals surface area contributed by atoms with Crippen LogP contribution in [0.1, 0.15) is 11.1 Å². The van der Waals surface area contributed by atoms with Crippen molar-refractivity contribution in [1.29, 1.82) is 0 Å². The molecule has 4 aromatic rings. The number of nitrogens with zero attached hydrogens (tertiary/aromatic N) is 2. The normalized spacial score (nSPS) is 10.4. The summed E-state index contributed by atoms with van der Waals surface area (Å²) in [6.07, 6.45) is 1.74. The number of aromatic nitrogens is 2. The average Bonchev–Trinajstić information content (AvgIpc) is 2.76. The molecule has 0 unspecified atom stereocenters. The second-order valence-electron chi connectivity index (χ2n) is 6.61. The van der Waals surface area contributed by atoms with Crippen molar-refractivity contribution in [3.63, 3.8) is 0 Å². The summed E-state index contributed by atoms with van der Waals surface area (Å²) in [5.41, 5.74) is 3.39. The molecule has 0 bridgehead atoms. The topological polar surface area (TPSA) is 59.1 Å². The zero-order valence-electron chi connectivity index (χ0n) is 16.2. The molecule has 0 aliphatic carbocycles. The number of aryl methyl sites for hydroxylation is 1. The number of rotatable bonds is 7. The molecule has 0 atom stereocenters. The van der Waals surface area contributed by atoms with Gasteiger partial charge in [-0.25, -0.2) is 4.98 Å². The van der Waals surface area contributed by atoms with Crippen LogP contribution in [0.3, 0.4) is 0 Å². The molecule has 0 fully saturated rings. The third kappa shape index (κ3) is 5.11. The van der Waals surface area contributed by atoms with Crippen LogP contribution in [-0.2, 0) is 6.54 Å². The van der Waals surface area contributed by atoms with Crippen molar-refractivity contribution in [3.8, 4) is 11.5 Å². The molecule has 4 rings (SSSR count). The number of hydrogen-bond acceptors (Lipinski definition) is 5. The number of nitrogens with one attached hydrogen (secondary N) is 2. The van der Waals surface area contributed by atoms with E-state index >= 15 is 0 Å². The maximum absolute atomic E-state index is 5.82. The van der Waals surface area contributed by atoms with Crippen molar-refractivity contribution in [3.05, 3.63) is 102 Å². The number of anilines is 3. The zero-order valence-corrected chi connectivity index (χ0v) is 16.2. The lowest BCUT2D eigenvalue weighted by molar-refractivity contribution is 0.483. The summed E-state index contributed by atoms with van der Waals surface area (Å²) >= 11 is 0. The van der Waals surface area contributed by atoms with E-state index in [2.05, 4.69) is 39.7 Å². The molecule has 0 aliphatic heterocycles. The predicted molar refractivity (Wildman–Crippen MR) is 117 cm³/mol. The van der Waals surface area contributed by atoms with Crippen molar-refractivity contribution < 1.29 is 4.74 Å². The summed E-state index contributed by atoms with van der Waals surface area (Å²) in [7, 11) is 0. The predicted octanol–water partition coefficient (Wildman–Crippen LogP) is 5.93. The molecule has 0 amide bonds. The van der Waals surface area contributed by atoms with E-state index in [1.54, 1.807) is 6.20 Å². The quantitative estimate of drug-likeness (QED) is 0.415. The maximum Gasteiger partial charge on any atom is 0.224 e. The monoisotopic (exact) mass is 382 g/mol. The highest BCUT2D eigenvalue weighted by atomic mass is 16.5. The summed E-state index contributed by atoms with van der Waals surface area (Å²) < 4.78 is 5.82. The minimum Gasteiger partial charge on any atom is -0.457 e. The van der Waals surface area contributed by atoms with Crippen LogP contribution in [0.4, 0.5) is 17.5 Å². The number of ether oxygens (including phenoxy) is 1. The van der Waals surface area contributed by atoms with Crippen LogP contribution >= 0.6 is 0 Å². The second-order valence-corrected chi connectivity index (χ2v) is 6.61. The summed E-state index contributed by atoms with van der Waals surface area (Å²) in [6.45, 7) is 2.78. The van der Waals surface area contributed by atoms with Crippen LogP contribution in [0, 0.1) is 6.92 Å². The third-order valence-corrected chi connectivity index (χ3v) is 4.46. The van der Waals surface area contributed by atoms with Gasteiger partial charge in [0.05, 0.1) is 0 Å². The first-order valence-corrected chi connectivity index (χ1v) is 9.48. The van der Waals surface area contributed by atoms with Crippen molar-refractivity contribution in [1.82, 2.24) is 9.97 Å². The number of benzene rings is 3. The van der Waals surface area contributed by atoms with Gasteiger partial charge in [0.2, 0.25) is 5.95 Å². The smallest absolute Gasteiger partial charge is 0.224 e. The minimum atomic E-state index is 0.585. The number of para-hydroxylation sites is 1. The van der Waals surface area contributed by atoms with Gasteiger partial charge in [-0.05, 0) is 60.5 Å². The van der Waals surface area contributed by atoms with Crippen LogP contribution in [0.2, 0.25) is 0 Å². The molecule has 0 saturated heterocycles. The van der Waals surface area contributed by atoms with Crippen molar-refractivity contribution in [2.45, 2.75) is 13.5 Å². The van der Waals surface area contributed by atoms with Gasteiger partial charge in [-0.15, -0.1) is 0 Å². The standard InChI is InChI=1S/C24H22N4O/c1-18-7-5-6-8-19(18)17-26-24-25-16-15-23(28-24)27-20-11-13-22(14-12-20)29-21-9-3-2-4-10-21/h2-16H,17H2,1H3,(H2,25,26,27,28). The van der Waals surface area contributed by atoms with E-state index in [1.165, 1.54) is 11.1 Å². The van der Waals surface area contributed by atoms with Crippen molar-refractivity contribution in [2.75, 3.05) is 10.6 Å². The van der Waals surface area contributed by atoms with Crippen molar-refractivity contribution in [2.24, 2.45) is 0 Å². The molecular weight excluding hydrogens is 360 g/mol. The molecule has 1 aromatic heterocycles. The van der Waals surface area contributed by atoms with E-state index in [1.807, 2.05) is 72.8 Å². The molecule has 0 radical (unpaired) electrons. The van der Waals surface area contributed by atoms with E-state index in [-0.39, 0.29) is 0 Å². The van der Waals surface area contributed by atoms with Crippen LogP contribution in [0.15, 0.2) is 91.1 Å². The highest BCUT2D eigenvalue weighted by Gasteiger charge is 2.03. The van der Waals surface area contributed by atoms with Crippen LogP contribution in [0.25, 0.3) is 0 Å². The molecular formula is C24H22N4O. The van der Waals surface area contributed by atoms with Gasteiger partial charge in [0, 0.05) is 18.4 Å². The molecule has 0 saturated carbocycles. The Kier molecular flexibility index (Phi) is 5.67. The maximum atomic E-state index is 5.82. The highest BCUT2D eigenvalue weighted by Crippen LogP contribution is 2.24. The lowest BCUT2D eigenvalue weighted by Gasteiger charge is -2.10. The van der Waals surface area contributed by atoms with Crippen molar-refractivity contribution >= 4 is 17.5 Å². The van der Waals surface area contributed by atoms with E-state index in [9.17, 15) is 0 Å². The summed E-state index contributed by atoms with van der Waals surface area (Å²) in [6, 6.07) is 27.6. The fourth-order valence-electron chi connectivity index (χ4n) is 2.88. The van der Waals surface area contributed by atoms with E-state index in [0.717, 1.165) is 23.0 Å². The molecule has 29 heavy (non-hydrogen) atoms. The third-order valence-electron chi connectivity index (χ3n) is 4.46. The molecule has 5 nitrogen and oxygen atoms in total. The van der Waals surface area contributed by atoms with E-state index in [4.69, 9.17) is 4.74 Å². The first-order valence-electron chi connectivity index (χ1n) is 9.48. The lowest BCUT2D eigenvalue weighted by atomic mass is 10.1. The largest absolute Gasteiger partial charge is 0.457 e. The van der Waals surface area contributed by atoms with Gasteiger partial charge in [-0.1, -0.05) is 42.5 Å². The second kappa shape index (κ2) is 8.89. The molecule has 5 heteroatoms. The first kappa shape index (κ1) is 18.5. The Morgan fingerprint density at radius 1 is 0.793 bits per heavy atom. The zero-order chi connectivity index (χ0) is 19.9. The Morgan fingerprint density at radius 3 is 2.31 bits per heavy atom. The summed E-state index contributed by atoms with van der Waals surface area (Å²) in [5.74, 6) is 2.91. The van der Waals surface area contributed by atoms with Gasteiger partial charge in [-0.3, -0.25) is 0 Å². The molecule has 0 spiro atoms. The van der Waals surface area contributed by atoms with Crippen LogP contribution in [-0.4, -0.2) is 9.97 Å². The van der Waals surface area contributed by atoms with Crippen LogP contribution < -0.4 is 15.4 Å². The summed E-state index contributed by atoms with van der Waals surface area (Å²) in [5, 5.41) is 6.58. The van der Waals surface area contributed by atoms with E-state index in [0.29, 0.717) is 12.5 Å². The molecule has 144 valence electrons. The van der Waals surface area contributed by atoms with Gasteiger partial charge in [0.1, 0.15) is 17.3 Å². The van der Waals surface area contributed by atoms with Crippen LogP contribution in [0.5, 0.6) is 11.5 Å². The Labute approximate surface area is 170 Å². The minimum absolute atomic E-state index is 0.585. The Balaban J connectivity index is 1.38. The Morgan fingerprint density at radius 2 is 1.52 bits per heavy atom. The van der Waals surface area contributed by atoms with Gasteiger partial charge >= 0.3 is 0 Å². The first-order chi connectivity index (χ1) is 14.3. The molecule has 2 N–H and O–H groups in total. The van der Waals surface area contributed by atoms with E-state index < -0.39 is 0 Å². The molecule has 3 aromatic carbocycles. The molecule has 0 aliphatic rings. The van der Waals surface area contributed by atoms with Gasteiger partial charge in [0.25, 0.3) is 0 Å². The SMILES string of the molecule is Cc1ccccc1CNc1nccc(Nc2ccc(Oc3ccccc3)cc2)n1. The highest BCUT2D eigenvalue weighted by molar-refractivity contribution is 5.58. The number of hydrogen-bond donors (Lipinski definition) is 2. The molecule has 1 heterocycles. The Hall–Kier alpha value is -3.86.